The molecule has 0 atom stereocenters. The van der Waals surface area contributed by atoms with E-state index in [1.54, 1.807) is 0 Å². The Balaban J connectivity index is 2.36. The summed E-state index contributed by atoms with van der Waals surface area (Å²) in [5.74, 6) is 2.21. The standard InChI is InChI=1S/C9H12BrN5/c1-5-8(10)9(13-6(2)12-5)15-4-3-7(11)14-15/h3,14H,4,11H2,1-2H3. The van der Waals surface area contributed by atoms with E-state index < -0.39 is 0 Å². The van der Waals surface area contributed by atoms with Crippen LogP contribution in [0.1, 0.15) is 11.5 Å². The predicted molar refractivity (Wildman–Crippen MR) is 62.0 cm³/mol. The first kappa shape index (κ1) is 10.2. The van der Waals surface area contributed by atoms with E-state index in [1.165, 1.54) is 0 Å². The number of aryl methyl sites for hydroxylation is 2. The molecule has 2 heterocycles. The van der Waals surface area contributed by atoms with Crippen molar-refractivity contribution in [3.63, 3.8) is 0 Å². The van der Waals surface area contributed by atoms with Crippen LogP contribution >= 0.6 is 15.9 Å². The minimum atomic E-state index is 0.649. The topological polar surface area (TPSA) is 67.1 Å². The minimum Gasteiger partial charge on any atom is -0.384 e. The molecule has 0 aliphatic carbocycles. The zero-order valence-corrected chi connectivity index (χ0v) is 10.2. The Morgan fingerprint density at radius 2 is 2.20 bits per heavy atom. The van der Waals surface area contributed by atoms with Crippen LogP contribution in [0.3, 0.4) is 0 Å². The summed E-state index contributed by atoms with van der Waals surface area (Å²) in [5.41, 5.74) is 9.58. The van der Waals surface area contributed by atoms with Crippen LogP contribution in [0.15, 0.2) is 16.4 Å². The molecule has 0 spiro atoms. The van der Waals surface area contributed by atoms with Gasteiger partial charge in [-0.05, 0) is 35.9 Å². The van der Waals surface area contributed by atoms with Crippen LogP contribution < -0.4 is 16.2 Å². The highest BCUT2D eigenvalue weighted by Crippen LogP contribution is 2.26. The van der Waals surface area contributed by atoms with Crippen LogP contribution in [0.25, 0.3) is 0 Å². The molecule has 1 aliphatic heterocycles. The molecule has 0 radical (unpaired) electrons. The molecule has 15 heavy (non-hydrogen) atoms. The van der Waals surface area contributed by atoms with Gasteiger partial charge in [0.2, 0.25) is 0 Å². The van der Waals surface area contributed by atoms with Gasteiger partial charge < -0.3 is 5.73 Å². The molecule has 0 amide bonds. The van der Waals surface area contributed by atoms with Crippen molar-refractivity contribution in [3.8, 4) is 0 Å². The molecule has 0 aromatic carbocycles. The second kappa shape index (κ2) is 3.69. The SMILES string of the molecule is Cc1nc(C)c(Br)c(N2CC=C(N)N2)n1. The molecule has 1 aromatic heterocycles. The Kier molecular flexibility index (Phi) is 2.52. The van der Waals surface area contributed by atoms with E-state index in [2.05, 4.69) is 31.3 Å². The molecule has 1 aromatic rings. The molecule has 5 nitrogen and oxygen atoms in total. The van der Waals surface area contributed by atoms with Crippen LogP contribution in [0, 0.1) is 13.8 Å². The molecular weight excluding hydrogens is 258 g/mol. The summed E-state index contributed by atoms with van der Waals surface area (Å²) < 4.78 is 0.892. The monoisotopic (exact) mass is 269 g/mol. The first-order valence-electron chi connectivity index (χ1n) is 4.58. The summed E-state index contributed by atoms with van der Waals surface area (Å²) in [4.78, 5) is 8.63. The van der Waals surface area contributed by atoms with Crippen LogP contribution in [0.4, 0.5) is 5.82 Å². The van der Waals surface area contributed by atoms with Gasteiger partial charge in [0.25, 0.3) is 0 Å². The number of nitrogens with zero attached hydrogens (tertiary/aromatic N) is 3. The third-order valence-electron chi connectivity index (χ3n) is 2.12. The van der Waals surface area contributed by atoms with E-state index in [0.717, 1.165) is 21.8 Å². The fourth-order valence-corrected chi connectivity index (χ4v) is 1.83. The van der Waals surface area contributed by atoms with Crippen molar-refractivity contribution >= 4 is 21.7 Å². The smallest absolute Gasteiger partial charge is 0.165 e. The molecule has 80 valence electrons. The highest BCUT2D eigenvalue weighted by molar-refractivity contribution is 9.10. The Hall–Kier alpha value is -1.30. The Labute approximate surface area is 96.5 Å². The van der Waals surface area contributed by atoms with Gasteiger partial charge in [-0.1, -0.05) is 0 Å². The van der Waals surface area contributed by atoms with Gasteiger partial charge in [-0.2, -0.15) is 0 Å². The van der Waals surface area contributed by atoms with Gasteiger partial charge in [0.15, 0.2) is 5.82 Å². The molecule has 0 fully saturated rings. The van der Waals surface area contributed by atoms with E-state index in [-0.39, 0.29) is 0 Å². The number of nitrogens with one attached hydrogen (secondary N) is 1. The summed E-state index contributed by atoms with van der Waals surface area (Å²) in [6.45, 7) is 4.52. The summed E-state index contributed by atoms with van der Waals surface area (Å²) in [5, 5.41) is 1.88. The number of rotatable bonds is 1. The quantitative estimate of drug-likeness (QED) is 0.796. The maximum atomic E-state index is 5.64. The molecule has 2 rings (SSSR count). The lowest BCUT2D eigenvalue weighted by Crippen LogP contribution is -2.35. The first-order chi connectivity index (χ1) is 7.08. The number of hydrogen-bond donors (Lipinski definition) is 2. The molecule has 1 aliphatic rings. The first-order valence-corrected chi connectivity index (χ1v) is 5.38. The lowest BCUT2D eigenvalue weighted by atomic mass is 10.4. The minimum absolute atomic E-state index is 0.649. The van der Waals surface area contributed by atoms with Gasteiger partial charge in [-0.25, -0.2) is 9.97 Å². The highest BCUT2D eigenvalue weighted by atomic mass is 79.9. The molecule has 0 saturated heterocycles. The summed E-state index contributed by atoms with van der Waals surface area (Å²) >= 11 is 3.47. The van der Waals surface area contributed by atoms with Crippen molar-refractivity contribution < 1.29 is 0 Å². The van der Waals surface area contributed by atoms with Crippen LogP contribution in [-0.4, -0.2) is 16.5 Å². The number of hydrogen-bond acceptors (Lipinski definition) is 5. The summed E-state index contributed by atoms with van der Waals surface area (Å²) in [6, 6.07) is 0. The third-order valence-corrected chi connectivity index (χ3v) is 3.05. The van der Waals surface area contributed by atoms with Gasteiger partial charge in [0.1, 0.15) is 11.6 Å². The van der Waals surface area contributed by atoms with Crippen LogP contribution in [-0.2, 0) is 0 Å². The van der Waals surface area contributed by atoms with Crippen molar-refractivity contribution in [2.24, 2.45) is 5.73 Å². The number of anilines is 1. The van der Waals surface area contributed by atoms with E-state index in [4.69, 9.17) is 5.73 Å². The van der Waals surface area contributed by atoms with Crippen LogP contribution in [0.5, 0.6) is 0 Å². The second-order valence-electron chi connectivity index (χ2n) is 3.38. The lowest BCUT2D eigenvalue weighted by molar-refractivity contribution is 0.768. The number of hydrazine groups is 1. The van der Waals surface area contributed by atoms with Crippen molar-refractivity contribution in [1.29, 1.82) is 0 Å². The van der Waals surface area contributed by atoms with Gasteiger partial charge in [-0.3, -0.25) is 10.4 Å². The molecule has 3 N–H and O–H groups in total. The second-order valence-corrected chi connectivity index (χ2v) is 4.17. The molecule has 0 bridgehead atoms. The maximum absolute atomic E-state index is 5.64. The van der Waals surface area contributed by atoms with Crippen molar-refractivity contribution in [2.75, 3.05) is 11.6 Å². The molecular formula is C9H12BrN5. The Morgan fingerprint density at radius 3 is 2.80 bits per heavy atom. The van der Waals surface area contributed by atoms with Gasteiger partial charge >= 0.3 is 0 Å². The average Bonchev–Trinajstić information content (AvgIpc) is 2.58. The van der Waals surface area contributed by atoms with Crippen molar-refractivity contribution in [2.45, 2.75) is 13.8 Å². The number of halogens is 1. The van der Waals surface area contributed by atoms with Crippen molar-refractivity contribution in [1.82, 2.24) is 15.4 Å². The summed E-state index contributed by atoms with van der Waals surface area (Å²) in [6.07, 6.45) is 1.90. The lowest BCUT2D eigenvalue weighted by Gasteiger charge is -2.20. The van der Waals surface area contributed by atoms with Crippen LogP contribution in [0.2, 0.25) is 0 Å². The fourth-order valence-electron chi connectivity index (χ4n) is 1.44. The summed E-state index contributed by atoms with van der Waals surface area (Å²) in [7, 11) is 0. The molecule has 6 heteroatoms. The Bertz CT molecular complexity index is 429. The van der Waals surface area contributed by atoms with Crippen molar-refractivity contribution in [3.05, 3.63) is 27.9 Å². The zero-order chi connectivity index (χ0) is 11.0. The van der Waals surface area contributed by atoms with E-state index in [0.29, 0.717) is 12.4 Å². The predicted octanol–water partition coefficient (Wildman–Crippen LogP) is 0.981. The van der Waals surface area contributed by atoms with E-state index in [9.17, 15) is 0 Å². The van der Waals surface area contributed by atoms with E-state index in [1.807, 2.05) is 24.9 Å². The normalized spacial score (nSPS) is 15.1. The van der Waals surface area contributed by atoms with Gasteiger partial charge in [-0.15, -0.1) is 0 Å². The fraction of sp³-hybridized carbons (Fsp3) is 0.333. The maximum Gasteiger partial charge on any atom is 0.165 e. The average molecular weight is 270 g/mol. The number of nitrogens with two attached hydrogens (primary N) is 1. The van der Waals surface area contributed by atoms with Gasteiger partial charge in [0.05, 0.1) is 16.7 Å². The Morgan fingerprint density at radius 1 is 1.47 bits per heavy atom. The zero-order valence-electron chi connectivity index (χ0n) is 8.58. The third kappa shape index (κ3) is 1.90. The largest absolute Gasteiger partial charge is 0.384 e. The van der Waals surface area contributed by atoms with E-state index >= 15 is 0 Å². The molecule has 0 saturated carbocycles. The van der Waals surface area contributed by atoms with Gasteiger partial charge in [0, 0.05) is 0 Å². The number of aromatic nitrogens is 2. The molecule has 0 unspecified atom stereocenters. The highest BCUT2D eigenvalue weighted by Gasteiger charge is 2.17.